The number of nitrogens with one attached hydrogen (secondary N) is 1. The van der Waals surface area contributed by atoms with Crippen molar-refractivity contribution in [1.82, 2.24) is 9.55 Å². The van der Waals surface area contributed by atoms with Crippen molar-refractivity contribution in [1.29, 1.82) is 5.26 Å². The van der Waals surface area contributed by atoms with E-state index in [1.807, 2.05) is 12.1 Å². The van der Waals surface area contributed by atoms with Crippen LogP contribution in [0.1, 0.15) is 37.2 Å². The van der Waals surface area contributed by atoms with Gasteiger partial charge in [-0.25, -0.2) is 0 Å². The fraction of sp³-hybridized carbons (Fsp3) is 0.407. The number of aromatic nitrogens is 2. The highest BCUT2D eigenvalue weighted by atomic mass is 19.4. The van der Waals surface area contributed by atoms with Crippen LogP contribution in [0.2, 0.25) is 0 Å². The molecule has 0 bridgehead atoms. The summed E-state index contributed by atoms with van der Waals surface area (Å²) in [7, 11) is 0. The minimum atomic E-state index is -4.35. The van der Waals surface area contributed by atoms with E-state index in [1.54, 1.807) is 44.3 Å². The van der Waals surface area contributed by atoms with Gasteiger partial charge in [0.05, 0.1) is 54.5 Å². The zero-order valence-electron chi connectivity index (χ0n) is 19.7. The molecular formula is C27H27F3N4O. The summed E-state index contributed by atoms with van der Waals surface area (Å²) < 4.78 is 46.3. The summed E-state index contributed by atoms with van der Waals surface area (Å²) in [6, 6.07) is 13.1. The van der Waals surface area contributed by atoms with Crippen molar-refractivity contribution in [2.24, 2.45) is 5.92 Å². The van der Waals surface area contributed by atoms with E-state index < -0.39 is 18.1 Å². The first-order valence-electron chi connectivity index (χ1n) is 11.5. The predicted octanol–water partition coefficient (Wildman–Crippen LogP) is 5.44. The molecule has 1 aliphatic heterocycles. The number of hydrogen-bond donors (Lipinski definition) is 1. The Morgan fingerprint density at radius 3 is 2.60 bits per heavy atom. The van der Waals surface area contributed by atoms with Crippen molar-refractivity contribution in [3.05, 3.63) is 59.5 Å². The highest BCUT2D eigenvalue weighted by Gasteiger charge is 2.29. The number of halogens is 3. The van der Waals surface area contributed by atoms with E-state index in [0.29, 0.717) is 28.5 Å². The maximum Gasteiger partial charge on any atom is 0.406 e. The third kappa shape index (κ3) is 6.15. The normalized spacial score (nSPS) is 14.2. The standard InChI is InChI=1S/C27H27F3N4O/c1-26(2,17-31)25-10-8-22(14-33-25)32-11-3-4-23-13-21-12-19(5-6-20-15-35-16-20)7-9-24(21)34(23)18-27(28,29)30/h7-10,12-14,20,32H,5-6,11,15-16,18H2,1-2H3. The smallest absolute Gasteiger partial charge is 0.381 e. The molecule has 1 fully saturated rings. The molecule has 2 aromatic heterocycles. The Morgan fingerprint density at radius 1 is 1.17 bits per heavy atom. The minimum Gasteiger partial charge on any atom is -0.381 e. The average molecular weight is 481 g/mol. The molecule has 3 heterocycles. The van der Waals surface area contributed by atoms with E-state index >= 15 is 0 Å². The predicted molar refractivity (Wildman–Crippen MR) is 129 cm³/mol. The Bertz CT molecular complexity index is 1290. The van der Waals surface area contributed by atoms with E-state index in [1.165, 1.54) is 4.57 Å². The van der Waals surface area contributed by atoms with Gasteiger partial charge in [0.25, 0.3) is 0 Å². The van der Waals surface area contributed by atoms with Gasteiger partial charge < -0.3 is 14.6 Å². The van der Waals surface area contributed by atoms with Crippen molar-refractivity contribution in [2.45, 2.75) is 44.8 Å². The number of benzene rings is 1. The molecule has 1 aliphatic rings. The van der Waals surface area contributed by atoms with Gasteiger partial charge in [-0.15, -0.1) is 0 Å². The number of fused-ring (bicyclic) bond motifs is 1. The lowest BCUT2D eigenvalue weighted by atomic mass is 9.91. The molecule has 0 spiro atoms. The number of hydrogen-bond acceptors (Lipinski definition) is 4. The Kier molecular flexibility index (Phi) is 7.05. The molecule has 182 valence electrons. The molecule has 0 amide bonds. The van der Waals surface area contributed by atoms with E-state index in [4.69, 9.17) is 4.74 Å². The molecule has 3 aromatic rings. The van der Waals surface area contributed by atoms with Gasteiger partial charge in [-0.1, -0.05) is 12.0 Å². The Labute approximate surface area is 202 Å². The third-order valence-electron chi connectivity index (χ3n) is 6.13. The van der Waals surface area contributed by atoms with Gasteiger partial charge in [0.1, 0.15) is 6.54 Å². The van der Waals surface area contributed by atoms with E-state index in [2.05, 4.69) is 28.2 Å². The zero-order chi connectivity index (χ0) is 25.1. The summed E-state index contributed by atoms with van der Waals surface area (Å²) in [6.45, 7) is 4.31. The van der Waals surface area contributed by atoms with Crippen LogP contribution in [0.15, 0.2) is 42.6 Å². The fourth-order valence-corrected chi connectivity index (χ4v) is 3.96. The second-order valence-corrected chi connectivity index (χ2v) is 9.39. The number of alkyl halides is 3. The molecular weight excluding hydrogens is 453 g/mol. The van der Waals surface area contributed by atoms with Gasteiger partial charge >= 0.3 is 6.18 Å². The number of aryl methyl sites for hydroxylation is 1. The van der Waals surface area contributed by atoms with Crippen LogP contribution in [0.25, 0.3) is 10.9 Å². The maximum absolute atomic E-state index is 13.3. The molecule has 8 heteroatoms. The number of anilines is 1. The Hall–Kier alpha value is -3.49. The second-order valence-electron chi connectivity index (χ2n) is 9.39. The third-order valence-corrected chi connectivity index (χ3v) is 6.13. The number of nitriles is 1. The molecule has 0 atom stereocenters. The SMILES string of the molecule is CC(C)(C#N)c1ccc(NCC#Cc2cc3cc(CCC4COC4)ccc3n2CC(F)(F)F)cn1. The van der Waals surface area contributed by atoms with Gasteiger partial charge in [0.2, 0.25) is 0 Å². The van der Waals surface area contributed by atoms with Gasteiger partial charge in [0, 0.05) is 16.8 Å². The minimum absolute atomic E-state index is 0.241. The van der Waals surface area contributed by atoms with Gasteiger partial charge in [0.15, 0.2) is 0 Å². The van der Waals surface area contributed by atoms with Crippen molar-refractivity contribution in [3.63, 3.8) is 0 Å². The monoisotopic (exact) mass is 480 g/mol. The molecule has 0 saturated carbocycles. The van der Waals surface area contributed by atoms with Crippen molar-refractivity contribution in [3.8, 4) is 17.9 Å². The highest BCUT2D eigenvalue weighted by molar-refractivity contribution is 5.83. The fourth-order valence-electron chi connectivity index (χ4n) is 3.96. The summed E-state index contributed by atoms with van der Waals surface area (Å²) >= 11 is 0. The lowest BCUT2D eigenvalue weighted by Gasteiger charge is -2.25. The van der Waals surface area contributed by atoms with Crippen LogP contribution in [0.4, 0.5) is 18.9 Å². The summed E-state index contributed by atoms with van der Waals surface area (Å²) in [5, 5.41) is 13.1. The van der Waals surface area contributed by atoms with Crippen LogP contribution in [0.3, 0.4) is 0 Å². The maximum atomic E-state index is 13.3. The first kappa shape index (κ1) is 24.6. The molecule has 5 nitrogen and oxygen atoms in total. The Morgan fingerprint density at radius 2 is 1.97 bits per heavy atom. The summed E-state index contributed by atoms with van der Waals surface area (Å²) in [5.74, 6) is 6.39. The number of ether oxygens (including phenoxy) is 1. The second kappa shape index (κ2) is 10.0. The van der Waals surface area contributed by atoms with Gasteiger partial charge in [-0.2, -0.15) is 18.4 Å². The number of pyridine rings is 1. The summed E-state index contributed by atoms with van der Waals surface area (Å²) in [6.07, 6.45) is -0.850. The first-order chi connectivity index (χ1) is 16.6. The molecule has 4 rings (SSSR count). The molecule has 0 unspecified atom stereocenters. The van der Waals surface area contributed by atoms with Crippen LogP contribution in [-0.4, -0.2) is 35.5 Å². The van der Waals surface area contributed by atoms with E-state index in [-0.39, 0.29) is 6.54 Å². The van der Waals surface area contributed by atoms with Crippen LogP contribution in [0.5, 0.6) is 0 Å². The van der Waals surface area contributed by atoms with Crippen LogP contribution in [0, 0.1) is 29.1 Å². The van der Waals surface area contributed by atoms with Gasteiger partial charge in [-0.05, 0) is 68.5 Å². The molecule has 1 saturated heterocycles. The van der Waals surface area contributed by atoms with Crippen LogP contribution >= 0.6 is 0 Å². The lowest BCUT2D eigenvalue weighted by molar-refractivity contribution is -0.140. The van der Waals surface area contributed by atoms with Crippen molar-refractivity contribution >= 4 is 16.6 Å². The van der Waals surface area contributed by atoms with E-state index in [9.17, 15) is 18.4 Å². The van der Waals surface area contributed by atoms with E-state index in [0.717, 1.165) is 37.0 Å². The van der Waals surface area contributed by atoms with Crippen molar-refractivity contribution in [2.75, 3.05) is 25.1 Å². The lowest BCUT2D eigenvalue weighted by Crippen LogP contribution is -2.27. The topological polar surface area (TPSA) is 62.9 Å². The first-order valence-corrected chi connectivity index (χ1v) is 11.5. The zero-order valence-corrected chi connectivity index (χ0v) is 19.7. The molecule has 35 heavy (non-hydrogen) atoms. The average Bonchev–Trinajstić information content (AvgIpc) is 3.11. The largest absolute Gasteiger partial charge is 0.406 e. The summed E-state index contributed by atoms with van der Waals surface area (Å²) in [5.41, 5.74) is 2.65. The Balaban J connectivity index is 1.49. The van der Waals surface area contributed by atoms with Crippen LogP contribution < -0.4 is 5.32 Å². The summed E-state index contributed by atoms with van der Waals surface area (Å²) in [4.78, 5) is 4.32. The van der Waals surface area contributed by atoms with Gasteiger partial charge in [-0.3, -0.25) is 4.98 Å². The quantitative estimate of drug-likeness (QED) is 0.458. The molecule has 1 N–H and O–H groups in total. The van der Waals surface area contributed by atoms with Crippen LogP contribution in [-0.2, 0) is 23.1 Å². The van der Waals surface area contributed by atoms with Crippen molar-refractivity contribution < 1.29 is 17.9 Å². The number of nitrogens with zero attached hydrogens (tertiary/aromatic N) is 3. The molecule has 1 aromatic carbocycles. The molecule has 0 radical (unpaired) electrons. The molecule has 0 aliphatic carbocycles. The highest BCUT2D eigenvalue weighted by Crippen LogP contribution is 2.27. The number of rotatable bonds is 7.